The Morgan fingerprint density at radius 1 is 1.44 bits per heavy atom. The van der Waals surface area contributed by atoms with Gasteiger partial charge >= 0.3 is 6.18 Å². The third-order valence-corrected chi connectivity index (χ3v) is 3.71. The first kappa shape index (κ1) is 15.8. The summed E-state index contributed by atoms with van der Waals surface area (Å²) in [7, 11) is 0. The summed E-state index contributed by atoms with van der Waals surface area (Å²) in [5.74, 6) is 0. The van der Waals surface area contributed by atoms with Gasteiger partial charge in [-0.2, -0.15) is 13.2 Å². The fourth-order valence-corrected chi connectivity index (χ4v) is 2.60. The highest BCUT2D eigenvalue weighted by Gasteiger charge is 2.28. The van der Waals surface area contributed by atoms with Gasteiger partial charge in [-0.15, -0.1) is 11.3 Å². The van der Waals surface area contributed by atoms with Crippen molar-refractivity contribution >= 4 is 22.9 Å². The standard InChI is InChI=1S/C11H15ClF3NOS/c1-2-7(16)10(8-3-4-9(12)18-8)17-6-5-11(13,14)15/h3-4,7,10H,2,5-6,16H2,1H3. The van der Waals surface area contributed by atoms with Gasteiger partial charge in [0, 0.05) is 10.9 Å². The molecule has 1 heterocycles. The molecule has 0 saturated carbocycles. The number of halogens is 4. The molecule has 0 aliphatic rings. The quantitative estimate of drug-likeness (QED) is 0.856. The van der Waals surface area contributed by atoms with Crippen molar-refractivity contribution in [1.82, 2.24) is 0 Å². The molecule has 0 fully saturated rings. The molecule has 0 amide bonds. The zero-order valence-electron chi connectivity index (χ0n) is 9.84. The number of hydrogen-bond donors (Lipinski definition) is 1. The lowest BCUT2D eigenvalue weighted by Gasteiger charge is -2.22. The SMILES string of the molecule is CCC(N)C(OCCC(F)(F)F)c1ccc(Cl)s1. The van der Waals surface area contributed by atoms with E-state index in [-0.39, 0.29) is 6.04 Å². The van der Waals surface area contributed by atoms with E-state index in [1.165, 1.54) is 11.3 Å². The van der Waals surface area contributed by atoms with Crippen LogP contribution in [-0.2, 0) is 4.74 Å². The first-order chi connectivity index (χ1) is 8.33. The van der Waals surface area contributed by atoms with E-state index in [0.717, 1.165) is 4.88 Å². The molecule has 0 radical (unpaired) electrons. The minimum atomic E-state index is -4.21. The molecule has 2 atom stereocenters. The van der Waals surface area contributed by atoms with E-state index in [4.69, 9.17) is 22.1 Å². The van der Waals surface area contributed by atoms with Gasteiger partial charge in [-0.1, -0.05) is 18.5 Å². The van der Waals surface area contributed by atoms with E-state index in [0.29, 0.717) is 10.8 Å². The molecule has 2 N–H and O–H groups in total. The second kappa shape index (κ2) is 6.75. The molecular formula is C11H15ClF3NOS. The van der Waals surface area contributed by atoms with Crippen LogP contribution >= 0.6 is 22.9 Å². The number of ether oxygens (including phenoxy) is 1. The minimum absolute atomic E-state index is 0.340. The normalized spacial score (nSPS) is 15.7. The van der Waals surface area contributed by atoms with Gasteiger partial charge in [0.15, 0.2) is 0 Å². The molecule has 2 nitrogen and oxygen atoms in total. The van der Waals surface area contributed by atoms with Gasteiger partial charge in [0.25, 0.3) is 0 Å². The Labute approximate surface area is 113 Å². The number of alkyl halides is 3. The molecule has 2 unspecified atom stereocenters. The van der Waals surface area contributed by atoms with Crippen LogP contribution in [0.15, 0.2) is 12.1 Å². The van der Waals surface area contributed by atoms with Crippen LogP contribution in [0.25, 0.3) is 0 Å². The predicted molar refractivity (Wildman–Crippen MR) is 67.0 cm³/mol. The van der Waals surface area contributed by atoms with Crippen molar-refractivity contribution in [1.29, 1.82) is 0 Å². The van der Waals surface area contributed by atoms with Gasteiger partial charge < -0.3 is 10.5 Å². The van der Waals surface area contributed by atoms with E-state index in [9.17, 15) is 13.2 Å². The van der Waals surface area contributed by atoms with Gasteiger partial charge in [-0.05, 0) is 18.6 Å². The fraction of sp³-hybridized carbons (Fsp3) is 0.636. The Morgan fingerprint density at radius 2 is 2.11 bits per heavy atom. The van der Waals surface area contributed by atoms with Gasteiger partial charge in [0.1, 0.15) is 6.10 Å². The lowest BCUT2D eigenvalue weighted by atomic mass is 10.1. The molecule has 0 aromatic carbocycles. The summed E-state index contributed by atoms with van der Waals surface area (Å²) in [5.41, 5.74) is 5.87. The molecule has 1 rings (SSSR count). The van der Waals surface area contributed by atoms with Crippen molar-refractivity contribution in [2.75, 3.05) is 6.61 Å². The summed E-state index contributed by atoms with van der Waals surface area (Å²) in [6.07, 6.45) is -5.10. The fourth-order valence-electron chi connectivity index (χ4n) is 1.41. The largest absolute Gasteiger partial charge is 0.391 e. The van der Waals surface area contributed by atoms with Crippen molar-refractivity contribution in [2.24, 2.45) is 5.73 Å². The average molecular weight is 302 g/mol. The number of nitrogens with two attached hydrogens (primary N) is 1. The average Bonchev–Trinajstić information content (AvgIpc) is 2.68. The highest BCUT2D eigenvalue weighted by Crippen LogP contribution is 2.32. The van der Waals surface area contributed by atoms with Crippen molar-refractivity contribution < 1.29 is 17.9 Å². The molecule has 0 saturated heterocycles. The zero-order chi connectivity index (χ0) is 13.8. The number of rotatable bonds is 6. The first-order valence-corrected chi connectivity index (χ1v) is 6.72. The van der Waals surface area contributed by atoms with Crippen LogP contribution in [0, 0.1) is 0 Å². The molecule has 7 heteroatoms. The van der Waals surface area contributed by atoms with Gasteiger partial charge in [-0.25, -0.2) is 0 Å². The third-order valence-electron chi connectivity index (χ3n) is 2.42. The predicted octanol–water partition coefficient (Wildman–Crippen LogP) is 4.15. The second-order valence-electron chi connectivity index (χ2n) is 3.87. The molecule has 0 spiro atoms. The van der Waals surface area contributed by atoms with E-state index in [1.807, 2.05) is 6.92 Å². The smallest absolute Gasteiger partial charge is 0.371 e. The summed E-state index contributed by atoms with van der Waals surface area (Å²) in [6, 6.07) is 3.08. The van der Waals surface area contributed by atoms with Crippen LogP contribution in [0.4, 0.5) is 13.2 Å². The molecule has 18 heavy (non-hydrogen) atoms. The topological polar surface area (TPSA) is 35.2 Å². The Balaban J connectivity index is 2.62. The highest BCUT2D eigenvalue weighted by atomic mass is 35.5. The summed E-state index contributed by atoms with van der Waals surface area (Å²) >= 11 is 7.08. The van der Waals surface area contributed by atoms with Gasteiger partial charge in [0.2, 0.25) is 0 Å². The molecule has 0 aliphatic heterocycles. The molecular weight excluding hydrogens is 287 g/mol. The van der Waals surface area contributed by atoms with E-state index in [1.54, 1.807) is 12.1 Å². The third kappa shape index (κ3) is 5.14. The molecule has 0 aliphatic carbocycles. The lowest BCUT2D eigenvalue weighted by molar-refractivity contribution is -0.150. The van der Waals surface area contributed by atoms with Crippen molar-refractivity contribution in [2.45, 2.75) is 38.1 Å². The van der Waals surface area contributed by atoms with Crippen LogP contribution in [0.3, 0.4) is 0 Å². The number of thiophene rings is 1. The van der Waals surface area contributed by atoms with Crippen molar-refractivity contribution in [3.63, 3.8) is 0 Å². The Hall–Kier alpha value is -0.300. The summed E-state index contributed by atoms with van der Waals surface area (Å²) in [6.45, 7) is 1.47. The van der Waals surface area contributed by atoms with Crippen molar-refractivity contribution in [3.05, 3.63) is 21.3 Å². The number of hydrogen-bond acceptors (Lipinski definition) is 3. The Bertz CT molecular complexity index is 369. The maximum atomic E-state index is 12.1. The Kier molecular flexibility index (Phi) is 5.91. The molecule has 1 aromatic rings. The maximum Gasteiger partial charge on any atom is 0.391 e. The van der Waals surface area contributed by atoms with Gasteiger partial charge in [-0.3, -0.25) is 0 Å². The summed E-state index contributed by atoms with van der Waals surface area (Å²) in [5, 5.41) is 0. The molecule has 1 aromatic heterocycles. The van der Waals surface area contributed by atoms with Crippen LogP contribution in [0.2, 0.25) is 4.34 Å². The molecule has 104 valence electrons. The zero-order valence-corrected chi connectivity index (χ0v) is 11.4. The summed E-state index contributed by atoms with van der Waals surface area (Å²) in [4.78, 5) is 0.761. The van der Waals surface area contributed by atoms with E-state index < -0.39 is 25.3 Å². The second-order valence-corrected chi connectivity index (χ2v) is 5.62. The van der Waals surface area contributed by atoms with Crippen LogP contribution in [0.5, 0.6) is 0 Å². The monoisotopic (exact) mass is 301 g/mol. The van der Waals surface area contributed by atoms with E-state index >= 15 is 0 Å². The minimum Gasteiger partial charge on any atom is -0.371 e. The highest BCUT2D eigenvalue weighted by molar-refractivity contribution is 7.16. The van der Waals surface area contributed by atoms with E-state index in [2.05, 4.69) is 0 Å². The maximum absolute atomic E-state index is 12.1. The van der Waals surface area contributed by atoms with Crippen molar-refractivity contribution in [3.8, 4) is 0 Å². The lowest BCUT2D eigenvalue weighted by Crippen LogP contribution is -2.30. The van der Waals surface area contributed by atoms with Gasteiger partial charge in [0.05, 0.1) is 17.4 Å². The molecule has 0 bridgehead atoms. The van der Waals surface area contributed by atoms with Crippen LogP contribution in [-0.4, -0.2) is 18.8 Å². The van der Waals surface area contributed by atoms with Crippen LogP contribution in [0.1, 0.15) is 30.7 Å². The Morgan fingerprint density at radius 3 is 2.56 bits per heavy atom. The first-order valence-electron chi connectivity index (χ1n) is 5.52. The van der Waals surface area contributed by atoms with Crippen LogP contribution < -0.4 is 5.73 Å². The summed E-state index contributed by atoms with van der Waals surface area (Å²) < 4.78 is 42.0.